The number of carbonyl (C=O) groups excluding carboxylic acids is 2. The van der Waals surface area contributed by atoms with E-state index in [9.17, 15) is 9.59 Å². The van der Waals surface area contributed by atoms with Crippen LogP contribution >= 0.6 is 11.3 Å². The van der Waals surface area contributed by atoms with Gasteiger partial charge in [0.25, 0.3) is 0 Å². The van der Waals surface area contributed by atoms with E-state index in [1.165, 1.54) is 10.4 Å². The fourth-order valence-corrected chi connectivity index (χ4v) is 4.64. The topological polar surface area (TPSA) is 71.1 Å². The largest absolute Gasteiger partial charge is 0.493 e. The third-order valence-corrected chi connectivity index (χ3v) is 6.76. The second-order valence-electron chi connectivity index (χ2n) is 7.72. The number of nitrogens with zero attached hydrogens (tertiary/aromatic N) is 2. The van der Waals surface area contributed by atoms with Crippen LogP contribution in [-0.4, -0.2) is 61.5 Å². The van der Waals surface area contributed by atoms with E-state index in [2.05, 4.69) is 35.5 Å². The SMILES string of the molecule is CCN(CC)CCOc1cc(NC(=O)CCC(=O)N2CCc3sccc3C2)ccc1OC. The molecule has 0 aliphatic carbocycles. The number of carbonyl (C=O) groups is 2. The molecule has 1 aromatic heterocycles. The number of fused-ring (bicyclic) bond motifs is 1. The molecule has 0 atom stereocenters. The number of amides is 2. The zero-order chi connectivity index (χ0) is 22.9. The quantitative estimate of drug-likeness (QED) is 0.554. The Labute approximate surface area is 194 Å². The van der Waals surface area contributed by atoms with E-state index in [4.69, 9.17) is 9.47 Å². The van der Waals surface area contributed by atoms with Crippen LogP contribution in [0.25, 0.3) is 0 Å². The van der Waals surface area contributed by atoms with Crippen LogP contribution in [0.2, 0.25) is 0 Å². The molecule has 0 unspecified atom stereocenters. The van der Waals surface area contributed by atoms with Crippen molar-refractivity contribution in [3.05, 3.63) is 40.1 Å². The maximum Gasteiger partial charge on any atom is 0.224 e. The molecule has 1 aromatic carbocycles. The number of nitrogens with one attached hydrogen (secondary N) is 1. The fraction of sp³-hybridized carbons (Fsp3) is 0.500. The van der Waals surface area contributed by atoms with Gasteiger partial charge in [0.2, 0.25) is 11.8 Å². The smallest absolute Gasteiger partial charge is 0.224 e. The molecular weight excluding hydrogens is 426 g/mol. The van der Waals surface area contributed by atoms with Crippen molar-refractivity contribution in [2.45, 2.75) is 39.7 Å². The molecule has 8 heteroatoms. The lowest BCUT2D eigenvalue weighted by atomic mass is 10.1. The molecule has 0 radical (unpaired) electrons. The maximum atomic E-state index is 12.6. The van der Waals surface area contributed by atoms with Crippen molar-refractivity contribution in [1.29, 1.82) is 0 Å². The molecule has 0 saturated carbocycles. The van der Waals surface area contributed by atoms with Crippen molar-refractivity contribution in [2.24, 2.45) is 0 Å². The van der Waals surface area contributed by atoms with E-state index >= 15 is 0 Å². The molecule has 174 valence electrons. The lowest BCUT2D eigenvalue weighted by Crippen LogP contribution is -2.35. The summed E-state index contributed by atoms with van der Waals surface area (Å²) in [5.74, 6) is 1.04. The highest BCUT2D eigenvalue weighted by Gasteiger charge is 2.22. The number of benzene rings is 1. The highest BCUT2D eigenvalue weighted by molar-refractivity contribution is 7.10. The van der Waals surface area contributed by atoms with E-state index in [1.54, 1.807) is 36.6 Å². The van der Waals surface area contributed by atoms with Crippen molar-refractivity contribution in [3.63, 3.8) is 0 Å². The van der Waals surface area contributed by atoms with Crippen LogP contribution in [0.1, 0.15) is 37.1 Å². The highest BCUT2D eigenvalue weighted by atomic mass is 32.1. The predicted molar refractivity (Wildman–Crippen MR) is 128 cm³/mol. The molecule has 2 heterocycles. The van der Waals surface area contributed by atoms with E-state index in [-0.39, 0.29) is 24.7 Å². The van der Waals surface area contributed by atoms with Crippen LogP contribution in [0.3, 0.4) is 0 Å². The summed E-state index contributed by atoms with van der Waals surface area (Å²) >= 11 is 1.75. The lowest BCUT2D eigenvalue weighted by molar-refractivity contribution is -0.133. The molecule has 1 N–H and O–H groups in total. The Morgan fingerprint density at radius 2 is 1.97 bits per heavy atom. The van der Waals surface area contributed by atoms with E-state index in [1.807, 2.05) is 4.90 Å². The minimum absolute atomic E-state index is 0.0205. The molecule has 3 rings (SSSR count). The Morgan fingerprint density at radius 1 is 1.16 bits per heavy atom. The van der Waals surface area contributed by atoms with Gasteiger partial charge in [-0.25, -0.2) is 0 Å². The fourth-order valence-electron chi connectivity index (χ4n) is 3.76. The van der Waals surface area contributed by atoms with Crippen LogP contribution in [0, 0.1) is 0 Å². The third kappa shape index (κ3) is 6.46. The first-order valence-corrected chi connectivity index (χ1v) is 12.1. The highest BCUT2D eigenvalue weighted by Crippen LogP contribution is 2.30. The first-order valence-electron chi connectivity index (χ1n) is 11.2. The summed E-state index contributed by atoms with van der Waals surface area (Å²) in [4.78, 5) is 30.5. The van der Waals surface area contributed by atoms with Gasteiger partial charge in [0.05, 0.1) is 7.11 Å². The van der Waals surface area contributed by atoms with Gasteiger partial charge < -0.3 is 24.6 Å². The van der Waals surface area contributed by atoms with Gasteiger partial charge in [0.1, 0.15) is 6.61 Å². The van der Waals surface area contributed by atoms with Crippen molar-refractivity contribution in [2.75, 3.05) is 45.2 Å². The van der Waals surface area contributed by atoms with Gasteiger partial charge >= 0.3 is 0 Å². The number of thiophene rings is 1. The zero-order valence-electron chi connectivity index (χ0n) is 19.2. The van der Waals surface area contributed by atoms with Gasteiger partial charge in [-0.2, -0.15) is 0 Å². The van der Waals surface area contributed by atoms with Crippen molar-refractivity contribution in [3.8, 4) is 11.5 Å². The van der Waals surface area contributed by atoms with Crippen LogP contribution < -0.4 is 14.8 Å². The Balaban J connectivity index is 1.49. The predicted octanol–water partition coefficient (Wildman–Crippen LogP) is 3.78. The minimum Gasteiger partial charge on any atom is -0.493 e. The number of hydrogen-bond donors (Lipinski definition) is 1. The minimum atomic E-state index is -0.189. The molecule has 2 aromatic rings. The average Bonchev–Trinajstić information content (AvgIpc) is 3.28. The zero-order valence-corrected chi connectivity index (χ0v) is 20.0. The number of methoxy groups -OCH3 is 1. The molecule has 7 nitrogen and oxygen atoms in total. The van der Waals surface area contributed by atoms with Gasteiger partial charge in [0, 0.05) is 49.1 Å². The molecule has 0 saturated heterocycles. The summed E-state index contributed by atoms with van der Waals surface area (Å²) in [5, 5.41) is 4.94. The second kappa shape index (κ2) is 11.9. The number of hydrogen-bond acceptors (Lipinski definition) is 6. The number of ether oxygens (including phenoxy) is 2. The summed E-state index contributed by atoms with van der Waals surface area (Å²) in [5.41, 5.74) is 1.85. The Bertz CT molecular complexity index is 910. The monoisotopic (exact) mass is 459 g/mol. The van der Waals surface area contributed by atoms with Crippen LogP contribution in [0.5, 0.6) is 11.5 Å². The summed E-state index contributed by atoms with van der Waals surface area (Å²) in [6, 6.07) is 7.40. The number of rotatable bonds is 11. The van der Waals surface area contributed by atoms with Gasteiger partial charge in [-0.05, 0) is 48.7 Å². The number of likely N-dealkylation sites (N-methyl/N-ethyl adjacent to an activating group) is 1. The standard InChI is InChI=1S/C24H33N3O4S/c1-4-26(5-2)13-14-31-21-16-19(6-7-20(21)30-3)25-23(28)8-9-24(29)27-12-10-22-18(17-27)11-15-32-22/h6-7,11,15-16H,4-5,8-10,12-14,17H2,1-3H3,(H,25,28). The van der Waals surface area contributed by atoms with Crippen molar-refractivity contribution < 1.29 is 19.1 Å². The maximum absolute atomic E-state index is 12.6. The summed E-state index contributed by atoms with van der Waals surface area (Å²) in [6.45, 7) is 8.90. The van der Waals surface area contributed by atoms with E-state index in [0.29, 0.717) is 30.3 Å². The Morgan fingerprint density at radius 3 is 2.72 bits per heavy atom. The molecule has 1 aliphatic rings. The van der Waals surface area contributed by atoms with Crippen LogP contribution in [-0.2, 0) is 22.6 Å². The molecule has 0 bridgehead atoms. The molecule has 2 amide bonds. The first-order chi connectivity index (χ1) is 15.5. The molecule has 0 spiro atoms. The van der Waals surface area contributed by atoms with Gasteiger partial charge in [-0.3, -0.25) is 9.59 Å². The molecule has 32 heavy (non-hydrogen) atoms. The third-order valence-electron chi connectivity index (χ3n) is 5.73. The molecular formula is C24H33N3O4S. The Kier molecular flexibility index (Phi) is 8.93. The average molecular weight is 460 g/mol. The lowest BCUT2D eigenvalue weighted by Gasteiger charge is -2.27. The first kappa shape index (κ1) is 24.1. The van der Waals surface area contributed by atoms with E-state index in [0.717, 1.165) is 32.6 Å². The normalized spacial score (nSPS) is 13.1. The molecule has 0 fully saturated rings. The summed E-state index contributed by atoms with van der Waals surface area (Å²) in [6.07, 6.45) is 1.25. The Hall–Kier alpha value is -2.58. The van der Waals surface area contributed by atoms with Gasteiger partial charge in [-0.1, -0.05) is 13.8 Å². The second-order valence-corrected chi connectivity index (χ2v) is 8.72. The summed E-state index contributed by atoms with van der Waals surface area (Å²) < 4.78 is 11.3. The van der Waals surface area contributed by atoms with Crippen LogP contribution in [0.15, 0.2) is 29.6 Å². The summed E-state index contributed by atoms with van der Waals surface area (Å²) in [7, 11) is 1.59. The van der Waals surface area contributed by atoms with Crippen molar-refractivity contribution >= 4 is 28.8 Å². The van der Waals surface area contributed by atoms with Gasteiger partial charge in [-0.15, -0.1) is 11.3 Å². The van der Waals surface area contributed by atoms with Gasteiger partial charge in [0.15, 0.2) is 11.5 Å². The molecule has 1 aliphatic heterocycles. The van der Waals surface area contributed by atoms with Crippen molar-refractivity contribution in [1.82, 2.24) is 9.80 Å². The van der Waals surface area contributed by atoms with E-state index < -0.39 is 0 Å². The number of anilines is 1. The van der Waals surface area contributed by atoms with Crippen LogP contribution in [0.4, 0.5) is 5.69 Å².